The number of hydrogen-bond donors (Lipinski definition) is 3. The van der Waals surface area contributed by atoms with E-state index in [1.165, 1.54) is 10.4 Å². The van der Waals surface area contributed by atoms with E-state index >= 15 is 0 Å². The van der Waals surface area contributed by atoms with Crippen molar-refractivity contribution >= 4 is 22.7 Å². The van der Waals surface area contributed by atoms with Crippen molar-refractivity contribution in [2.75, 3.05) is 36.9 Å². The molecule has 0 spiro atoms. The van der Waals surface area contributed by atoms with E-state index < -0.39 is 0 Å². The molecule has 0 saturated carbocycles. The first kappa shape index (κ1) is 15.8. The van der Waals surface area contributed by atoms with Crippen LogP contribution >= 0.6 is 11.3 Å². The maximum atomic E-state index is 9.26. The Labute approximate surface area is 129 Å². The molecule has 0 aliphatic carbocycles. The Morgan fingerprint density at radius 1 is 1.14 bits per heavy atom. The summed E-state index contributed by atoms with van der Waals surface area (Å²) in [6.45, 7) is 3.22. The zero-order valence-electron chi connectivity index (χ0n) is 12.2. The minimum Gasteiger partial charge on any atom is -0.399 e. The van der Waals surface area contributed by atoms with Crippen LogP contribution in [-0.4, -0.2) is 36.5 Å². The number of thiophene rings is 1. The van der Waals surface area contributed by atoms with Gasteiger partial charge in [-0.05, 0) is 41.6 Å². The molecular weight excluding hydrogens is 284 g/mol. The van der Waals surface area contributed by atoms with Crippen LogP contribution in [0.1, 0.15) is 12.5 Å². The molecule has 1 aromatic heterocycles. The Hall–Kier alpha value is -1.56. The summed E-state index contributed by atoms with van der Waals surface area (Å²) in [7, 11) is 0. The highest BCUT2D eigenvalue weighted by atomic mass is 32.1. The lowest BCUT2D eigenvalue weighted by Crippen LogP contribution is -2.30. The topological polar surface area (TPSA) is 69.7 Å². The zero-order chi connectivity index (χ0) is 15.2. The van der Waals surface area contributed by atoms with Crippen molar-refractivity contribution in [2.24, 2.45) is 0 Å². The summed E-state index contributed by atoms with van der Waals surface area (Å²) in [6, 6.07) is 7.94. The molecule has 1 aromatic carbocycles. The molecule has 0 amide bonds. The summed E-state index contributed by atoms with van der Waals surface area (Å²) in [5.41, 5.74) is 10.0. The largest absolute Gasteiger partial charge is 0.399 e. The standard InChI is InChI=1S/C16H22N2O2S/c1-2-12-5-10-21-16(12)14-11-13(17)3-4-15(14)18(6-8-19)7-9-20/h3-5,10-11,19-20H,2,6-9,17H2,1H3. The molecule has 2 rings (SSSR count). The summed E-state index contributed by atoms with van der Waals surface area (Å²) in [6.07, 6.45) is 0.965. The van der Waals surface area contributed by atoms with E-state index in [9.17, 15) is 10.2 Å². The fourth-order valence-electron chi connectivity index (χ4n) is 2.46. The summed E-state index contributed by atoms with van der Waals surface area (Å²) in [4.78, 5) is 3.20. The second-order valence-corrected chi connectivity index (χ2v) is 5.76. The Morgan fingerprint density at radius 3 is 2.48 bits per heavy atom. The van der Waals surface area contributed by atoms with Gasteiger partial charge in [0, 0.05) is 34.9 Å². The number of hydrogen-bond acceptors (Lipinski definition) is 5. The van der Waals surface area contributed by atoms with Crippen LogP contribution in [-0.2, 0) is 6.42 Å². The molecular formula is C16H22N2O2S. The normalized spacial score (nSPS) is 10.8. The van der Waals surface area contributed by atoms with Gasteiger partial charge in [-0.1, -0.05) is 6.92 Å². The molecule has 4 nitrogen and oxygen atoms in total. The van der Waals surface area contributed by atoms with Gasteiger partial charge >= 0.3 is 0 Å². The molecule has 114 valence electrons. The van der Waals surface area contributed by atoms with Crippen molar-refractivity contribution in [3.8, 4) is 10.4 Å². The number of aliphatic hydroxyl groups excluding tert-OH is 2. The predicted octanol–water partition coefficient (Wildman–Crippen LogP) is 2.35. The first-order valence-corrected chi connectivity index (χ1v) is 8.02. The lowest BCUT2D eigenvalue weighted by molar-refractivity contribution is 0.281. The quantitative estimate of drug-likeness (QED) is 0.687. The third-order valence-electron chi connectivity index (χ3n) is 3.47. The van der Waals surface area contributed by atoms with Crippen molar-refractivity contribution < 1.29 is 10.2 Å². The van der Waals surface area contributed by atoms with Gasteiger partial charge in [0.2, 0.25) is 0 Å². The number of aryl methyl sites for hydroxylation is 1. The maximum Gasteiger partial charge on any atom is 0.0606 e. The molecule has 0 saturated heterocycles. The first-order valence-electron chi connectivity index (χ1n) is 7.14. The Bertz CT molecular complexity index is 577. The number of nitrogens with two attached hydrogens (primary N) is 1. The van der Waals surface area contributed by atoms with E-state index in [0.717, 1.165) is 23.4 Å². The van der Waals surface area contributed by atoms with Crippen molar-refractivity contribution in [1.82, 2.24) is 0 Å². The van der Waals surface area contributed by atoms with Crippen molar-refractivity contribution in [3.63, 3.8) is 0 Å². The Kier molecular flexibility index (Phi) is 5.61. The van der Waals surface area contributed by atoms with Gasteiger partial charge in [-0.25, -0.2) is 0 Å². The average molecular weight is 306 g/mol. The van der Waals surface area contributed by atoms with Crippen molar-refractivity contribution in [2.45, 2.75) is 13.3 Å². The van der Waals surface area contributed by atoms with E-state index in [1.54, 1.807) is 11.3 Å². The SMILES string of the molecule is CCc1ccsc1-c1cc(N)ccc1N(CCO)CCO. The van der Waals surface area contributed by atoms with Gasteiger partial charge < -0.3 is 20.8 Å². The fourth-order valence-corrected chi connectivity index (χ4v) is 3.48. The number of nitrogens with zero attached hydrogens (tertiary/aromatic N) is 1. The molecule has 0 radical (unpaired) electrons. The molecule has 0 atom stereocenters. The van der Waals surface area contributed by atoms with Crippen LogP contribution in [0.4, 0.5) is 11.4 Å². The van der Waals surface area contributed by atoms with Crippen molar-refractivity contribution in [3.05, 3.63) is 35.2 Å². The molecule has 4 N–H and O–H groups in total. The monoisotopic (exact) mass is 306 g/mol. The number of aliphatic hydroxyl groups is 2. The van der Waals surface area contributed by atoms with Crippen LogP contribution in [0.15, 0.2) is 29.6 Å². The van der Waals surface area contributed by atoms with Gasteiger partial charge in [0.25, 0.3) is 0 Å². The lowest BCUT2D eigenvalue weighted by Gasteiger charge is -2.26. The Balaban J connectivity index is 2.51. The lowest BCUT2D eigenvalue weighted by atomic mass is 10.0. The summed E-state index contributed by atoms with van der Waals surface area (Å²) >= 11 is 1.70. The van der Waals surface area contributed by atoms with Gasteiger partial charge in [-0.3, -0.25) is 0 Å². The van der Waals surface area contributed by atoms with E-state index in [1.807, 2.05) is 23.1 Å². The molecule has 0 fully saturated rings. The van der Waals surface area contributed by atoms with Crippen molar-refractivity contribution in [1.29, 1.82) is 0 Å². The van der Waals surface area contributed by atoms with E-state index in [-0.39, 0.29) is 13.2 Å². The predicted molar refractivity (Wildman–Crippen MR) is 89.9 cm³/mol. The summed E-state index contributed by atoms with van der Waals surface area (Å²) in [5.74, 6) is 0. The molecule has 1 heterocycles. The highest BCUT2D eigenvalue weighted by Crippen LogP contribution is 2.38. The third kappa shape index (κ3) is 3.56. The minimum absolute atomic E-state index is 0.0505. The number of benzene rings is 1. The van der Waals surface area contributed by atoms with Gasteiger partial charge in [0.15, 0.2) is 0 Å². The van der Waals surface area contributed by atoms with E-state index in [4.69, 9.17) is 5.73 Å². The smallest absolute Gasteiger partial charge is 0.0606 e. The van der Waals surface area contributed by atoms with E-state index in [0.29, 0.717) is 13.1 Å². The second-order valence-electron chi connectivity index (χ2n) is 4.84. The number of nitrogen functional groups attached to an aromatic ring is 1. The molecule has 21 heavy (non-hydrogen) atoms. The maximum absolute atomic E-state index is 9.26. The summed E-state index contributed by atoms with van der Waals surface area (Å²) in [5, 5.41) is 20.6. The van der Waals surface area contributed by atoms with Crippen LogP contribution in [0, 0.1) is 0 Å². The van der Waals surface area contributed by atoms with Crippen LogP contribution in [0.2, 0.25) is 0 Å². The molecule has 0 aliphatic heterocycles. The van der Waals surface area contributed by atoms with Gasteiger partial charge in [-0.15, -0.1) is 11.3 Å². The molecule has 5 heteroatoms. The third-order valence-corrected chi connectivity index (χ3v) is 4.46. The second kappa shape index (κ2) is 7.45. The molecule has 2 aromatic rings. The van der Waals surface area contributed by atoms with Crippen LogP contribution < -0.4 is 10.6 Å². The van der Waals surface area contributed by atoms with Crippen LogP contribution in [0.25, 0.3) is 10.4 Å². The van der Waals surface area contributed by atoms with Gasteiger partial charge in [-0.2, -0.15) is 0 Å². The fraction of sp³-hybridized carbons (Fsp3) is 0.375. The van der Waals surface area contributed by atoms with Crippen LogP contribution in [0.3, 0.4) is 0 Å². The van der Waals surface area contributed by atoms with Gasteiger partial charge in [0.05, 0.1) is 13.2 Å². The molecule has 0 unspecified atom stereocenters. The van der Waals surface area contributed by atoms with E-state index in [2.05, 4.69) is 18.4 Å². The average Bonchev–Trinajstić information content (AvgIpc) is 2.95. The minimum atomic E-state index is 0.0505. The zero-order valence-corrected chi connectivity index (χ0v) is 13.1. The van der Waals surface area contributed by atoms with Crippen LogP contribution in [0.5, 0.6) is 0 Å². The first-order chi connectivity index (χ1) is 10.2. The molecule has 0 aliphatic rings. The number of rotatable bonds is 7. The molecule has 0 bridgehead atoms. The summed E-state index contributed by atoms with van der Waals surface area (Å²) < 4.78 is 0. The number of anilines is 2. The Morgan fingerprint density at radius 2 is 1.86 bits per heavy atom. The van der Waals surface area contributed by atoms with Gasteiger partial charge in [0.1, 0.15) is 0 Å². The highest BCUT2D eigenvalue weighted by molar-refractivity contribution is 7.13. The highest BCUT2D eigenvalue weighted by Gasteiger charge is 2.15.